The second-order valence-electron chi connectivity index (χ2n) is 1.92. The van der Waals surface area contributed by atoms with E-state index in [2.05, 4.69) is 0 Å². The van der Waals surface area contributed by atoms with E-state index in [-0.39, 0.29) is 83.7 Å². The van der Waals surface area contributed by atoms with Gasteiger partial charge in [0.1, 0.15) is 10.0 Å². The molecule has 1 aromatic carbocycles. The van der Waals surface area contributed by atoms with Gasteiger partial charge in [0.15, 0.2) is 5.75 Å². The molecular formula is C6H2Cl5KO. The van der Waals surface area contributed by atoms with E-state index in [0.29, 0.717) is 0 Å². The first-order valence-corrected chi connectivity index (χ1v) is 4.56. The van der Waals surface area contributed by atoms with Gasteiger partial charge >= 0.3 is 51.4 Å². The maximum absolute atomic E-state index is 9.20. The van der Waals surface area contributed by atoms with E-state index in [1.54, 1.807) is 0 Å². The minimum atomic E-state index is -0.363. The Kier molecular flexibility index (Phi) is 6.97. The number of rotatable bonds is 0. The summed E-state index contributed by atoms with van der Waals surface area (Å²) in [5.74, 6) is -0.363. The summed E-state index contributed by atoms with van der Waals surface area (Å²) in [6.07, 6.45) is 0. The van der Waals surface area contributed by atoms with Crippen LogP contribution in [0.15, 0.2) is 0 Å². The number of hydrogen-bond donors (Lipinski definition) is 1. The monoisotopic (exact) mass is 304 g/mol. The molecule has 0 saturated carbocycles. The van der Waals surface area contributed by atoms with Crippen LogP contribution in [-0.2, 0) is 0 Å². The van der Waals surface area contributed by atoms with Gasteiger partial charge in [0.25, 0.3) is 0 Å². The second kappa shape index (κ2) is 5.99. The van der Waals surface area contributed by atoms with Crippen molar-refractivity contribution in [2.24, 2.45) is 0 Å². The summed E-state index contributed by atoms with van der Waals surface area (Å²) in [6, 6.07) is 0. The number of halogens is 5. The molecule has 0 aliphatic rings. The molecule has 68 valence electrons. The molecule has 0 fully saturated rings. The molecule has 13 heavy (non-hydrogen) atoms. The van der Waals surface area contributed by atoms with Crippen LogP contribution in [-0.4, -0.2) is 5.11 Å². The Bertz CT molecular complexity index is 240. The smallest absolute Gasteiger partial charge is 1.00 e. The van der Waals surface area contributed by atoms with Crippen molar-refractivity contribution in [3.05, 3.63) is 25.1 Å². The SMILES string of the molecule is Oc1c(Cl)c(Cl)c(Cl)c(Cl)c1Cl.[H-].[K+]. The Labute approximate surface area is 144 Å². The third kappa shape index (κ3) is 3.03. The number of aromatic hydroxyl groups is 1. The Morgan fingerprint density at radius 1 is 0.692 bits per heavy atom. The molecule has 0 radical (unpaired) electrons. The van der Waals surface area contributed by atoms with Crippen molar-refractivity contribution < 1.29 is 57.9 Å². The van der Waals surface area contributed by atoms with Crippen molar-refractivity contribution >= 4 is 58.0 Å². The van der Waals surface area contributed by atoms with Gasteiger partial charge in [-0.15, -0.1) is 0 Å². The third-order valence-corrected chi connectivity index (χ3v) is 3.44. The van der Waals surface area contributed by atoms with Gasteiger partial charge in [0.2, 0.25) is 0 Å². The molecule has 0 aliphatic carbocycles. The van der Waals surface area contributed by atoms with Crippen molar-refractivity contribution in [2.45, 2.75) is 0 Å². The fraction of sp³-hybridized carbons (Fsp3) is 0. The van der Waals surface area contributed by atoms with Crippen LogP contribution < -0.4 is 51.4 Å². The van der Waals surface area contributed by atoms with Crippen LogP contribution in [0.3, 0.4) is 0 Å². The molecular weight excluding hydrogens is 304 g/mol. The summed E-state index contributed by atoms with van der Waals surface area (Å²) in [5, 5.41) is 9.01. The number of benzene rings is 1. The second-order valence-corrected chi connectivity index (χ2v) is 3.81. The molecule has 7 heteroatoms. The van der Waals surface area contributed by atoms with E-state index >= 15 is 0 Å². The van der Waals surface area contributed by atoms with Crippen molar-refractivity contribution in [2.75, 3.05) is 0 Å². The van der Waals surface area contributed by atoms with Gasteiger partial charge in [-0.3, -0.25) is 0 Å². The van der Waals surface area contributed by atoms with E-state index in [9.17, 15) is 5.11 Å². The Hall–Kier alpha value is 2.11. The Balaban J connectivity index is 0. The maximum atomic E-state index is 9.20. The Morgan fingerprint density at radius 2 is 0.923 bits per heavy atom. The standard InChI is InChI=1S/C6HCl5O.K.H/c7-1-2(8)4(10)6(12)5(11)3(1)9;;/h12H;;/q;+1;-1. The molecule has 1 nitrogen and oxygen atoms in total. The molecule has 0 aromatic heterocycles. The molecule has 0 aliphatic heterocycles. The number of phenols is 1. The van der Waals surface area contributed by atoms with E-state index < -0.39 is 0 Å². The summed E-state index contributed by atoms with van der Waals surface area (Å²) in [6.45, 7) is 0. The first kappa shape index (κ1) is 15.1. The molecule has 0 atom stereocenters. The zero-order valence-electron chi connectivity index (χ0n) is 7.34. The van der Waals surface area contributed by atoms with Crippen LogP contribution in [0, 0.1) is 0 Å². The van der Waals surface area contributed by atoms with Crippen LogP contribution in [0.1, 0.15) is 1.43 Å². The molecule has 0 unspecified atom stereocenters. The van der Waals surface area contributed by atoms with Gasteiger partial charge in [0.05, 0.1) is 15.1 Å². The zero-order chi connectivity index (χ0) is 9.46. The molecule has 0 saturated heterocycles. The van der Waals surface area contributed by atoms with Gasteiger partial charge in [0, 0.05) is 0 Å². The molecule has 0 spiro atoms. The Morgan fingerprint density at radius 3 is 1.23 bits per heavy atom. The molecule has 0 heterocycles. The largest absolute Gasteiger partial charge is 1.00 e. The van der Waals surface area contributed by atoms with E-state index in [0.717, 1.165) is 0 Å². The van der Waals surface area contributed by atoms with Crippen LogP contribution in [0.25, 0.3) is 0 Å². The normalized spacial score (nSPS) is 9.62. The maximum Gasteiger partial charge on any atom is 1.00 e. The predicted octanol–water partition coefficient (Wildman–Crippen LogP) is 1.78. The van der Waals surface area contributed by atoms with Crippen LogP contribution in [0.2, 0.25) is 25.1 Å². The topological polar surface area (TPSA) is 20.2 Å². The van der Waals surface area contributed by atoms with Gasteiger partial charge in [-0.2, -0.15) is 0 Å². The molecule has 1 aromatic rings. The van der Waals surface area contributed by atoms with Crippen LogP contribution in [0.4, 0.5) is 0 Å². The van der Waals surface area contributed by atoms with Gasteiger partial charge in [-0.25, -0.2) is 0 Å². The van der Waals surface area contributed by atoms with Crippen LogP contribution >= 0.6 is 58.0 Å². The minimum Gasteiger partial charge on any atom is -1.00 e. The first-order valence-electron chi connectivity index (χ1n) is 2.67. The molecule has 0 bridgehead atoms. The van der Waals surface area contributed by atoms with Gasteiger partial charge < -0.3 is 6.53 Å². The first-order chi connectivity index (χ1) is 5.46. The summed E-state index contributed by atoms with van der Waals surface area (Å²) in [7, 11) is 0. The summed E-state index contributed by atoms with van der Waals surface area (Å²) in [4.78, 5) is 0. The van der Waals surface area contributed by atoms with Crippen molar-refractivity contribution in [3.8, 4) is 5.75 Å². The summed E-state index contributed by atoms with van der Waals surface area (Å²) < 4.78 is 0. The van der Waals surface area contributed by atoms with E-state index in [1.165, 1.54) is 0 Å². The van der Waals surface area contributed by atoms with E-state index in [1.807, 2.05) is 0 Å². The van der Waals surface area contributed by atoms with Gasteiger partial charge in [-0.05, 0) is 0 Å². The third-order valence-electron chi connectivity index (χ3n) is 1.19. The molecule has 1 N–H and O–H groups in total. The number of hydrogen-bond acceptors (Lipinski definition) is 1. The summed E-state index contributed by atoms with van der Waals surface area (Å²) in [5.41, 5.74) is 0. The van der Waals surface area contributed by atoms with Crippen molar-refractivity contribution in [1.29, 1.82) is 0 Å². The van der Waals surface area contributed by atoms with Crippen molar-refractivity contribution in [3.63, 3.8) is 0 Å². The predicted molar refractivity (Wildman–Crippen MR) is 54.3 cm³/mol. The van der Waals surface area contributed by atoms with E-state index in [4.69, 9.17) is 58.0 Å². The van der Waals surface area contributed by atoms with Gasteiger partial charge in [-0.1, -0.05) is 58.0 Å². The zero-order valence-corrected chi connectivity index (χ0v) is 13.2. The molecule has 1 rings (SSSR count). The quantitative estimate of drug-likeness (QED) is 0.440. The van der Waals surface area contributed by atoms with Crippen LogP contribution in [0.5, 0.6) is 5.75 Å². The summed E-state index contributed by atoms with van der Waals surface area (Å²) >= 11 is 27.9. The fourth-order valence-corrected chi connectivity index (χ4v) is 1.72. The number of phenolic OH excluding ortho intramolecular Hbond substituents is 1. The van der Waals surface area contributed by atoms with Crippen molar-refractivity contribution in [1.82, 2.24) is 0 Å². The minimum absolute atomic E-state index is 0. The molecule has 0 amide bonds. The fourth-order valence-electron chi connectivity index (χ4n) is 0.593. The average Bonchev–Trinajstić information content (AvgIpc) is 2.08. The average molecular weight is 306 g/mol.